The van der Waals surface area contributed by atoms with Gasteiger partial charge in [0.2, 0.25) is 11.8 Å². The van der Waals surface area contributed by atoms with Crippen LogP contribution in [0, 0.1) is 17.6 Å². The SMILES string of the molecule is COC(=O)c1cc(NC(=O)C2CNC(=O)C2)c(F)cc1F. The summed E-state index contributed by atoms with van der Waals surface area (Å²) in [5.41, 5.74) is -0.837. The molecule has 0 saturated carbocycles. The molecule has 8 heteroatoms. The molecule has 0 bridgehead atoms. The predicted octanol–water partition coefficient (Wildman–Crippen LogP) is 0.826. The van der Waals surface area contributed by atoms with Crippen LogP contribution in [0.2, 0.25) is 0 Å². The number of carbonyl (C=O) groups excluding carboxylic acids is 3. The van der Waals surface area contributed by atoms with Crippen LogP contribution in [0.4, 0.5) is 14.5 Å². The molecule has 1 unspecified atom stereocenters. The van der Waals surface area contributed by atoms with Crippen LogP contribution in [0.15, 0.2) is 12.1 Å². The Morgan fingerprint density at radius 1 is 1.33 bits per heavy atom. The number of halogens is 2. The minimum atomic E-state index is -1.09. The molecule has 1 aromatic rings. The van der Waals surface area contributed by atoms with Gasteiger partial charge in [0.05, 0.1) is 24.3 Å². The highest BCUT2D eigenvalue weighted by Gasteiger charge is 2.28. The lowest BCUT2D eigenvalue weighted by Gasteiger charge is -2.11. The number of benzene rings is 1. The molecule has 0 radical (unpaired) electrons. The second kappa shape index (κ2) is 5.86. The molecule has 2 rings (SSSR count). The molecule has 21 heavy (non-hydrogen) atoms. The number of rotatable bonds is 3. The van der Waals surface area contributed by atoms with Crippen LogP contribution in [0.3, 0.4) is 0 Å². The molecule has 0 spiro atoms. The van der Waals surface area contributed by atoms with Crippen molar-refractivity contribution in [2.24, 2.45) is 5.92 Å². The smallest absolute Gasteiger partial charge is 0.340 e. The molecule has 0 aliphatic carbocycles. The van der Waals surface area contributed by atoms with E-state index >= 15 is 0 Å². The molecule has 1 saturated heterocycles. The Balaban J connectivity index is 2.21. The van der Waals surface area contributed by atoms with Crippen molar-refractivity contribution in [3.63, 3.8) is 0 Å². The van der Waals surface area contributed by atoms with E-state index in [9.17, 15) is 23.2 Å². The van der Waals surface area contributed by atoms with Crippen LogP contribution in [-0.4, -0.2) is 31.4 Å². The molecule has 1 aromatic carbocycles. The zero-order chi connectivity index (χ0) is 15.6. The molecule has 1 aliphatic heterocycles. The van der Waals surface area contributed by atoms with Gasteiger partial charge < -0.3 is 15.4 Å². The summed E-state index contributed by atoms with van der Waals surface area (Å²) in [4.78, 5) is 34.2. The van der Waals surface area contributed by atoms with Crippen molar-refractivity contribution in [3.05, 3.63) is 29.3 Å². The van der Waals surface area contributed by atoms with Gasteiger partial charge in [0.25, 0.3) is 0 Å². The van der Waals surface area contributed by atoms with Crippen LogP contribution >= 0.6 is 0 Å². The summed E-state index contributed by atoms with van der Waals surface area (Å²) < 4.78 is 31.4. The number of amides is 2. The number of hydrogen-bond acceptors (Lipinski definition) is 4. The Labute approximate surface area is 118 Å². The van der Waals surface area contributed by atoms with E-state index in [0.717, 1.165) is 13.2 Å². The van der Waals surface area contributed by atoms with Crippen LogP contribution < -0.4 is 10.6 Å². The lowest BCUT2D eigenvalue weighted by atomic mass is 10.1. The van der Waals surface area contributed by atoms with Crippen molar-refractivity contribution >= 4 is 23.5 Å². The van der Waals surface area contributed by atoms with Gasteiger partial charge in [0.1, 0.15) is 11.6 Å². The largest absolute Gasteiger partial charge is 0.465 e. The maximum atomic E-state index is 13.6. The Morgan fingerprint density at radius 2 is 2.05 bits per heavy atom. The quantitative estimate of drug-likeness (QED) is 0.809. The van der Waals surface area contributed by atoms with E-state index in [0.29, 0.717) is 6.07 Å². The van der Waals surface area contributed by atoms with Crippen molar-refractivity contribution in [1.82, 2.24) is 5.32 Å². The summed E-state index contributed by atoms with van der Waals surface area (Å²) >= 11 is 0. The third kappa shape index (κ3) is 3.15. The molecule has 1 atom stereocenters. The first-order valence-corrected chi connectivity index (χ1v) is 6.07. The fourth-order valence-electron chi connectivity index (χ4n) is 1.94. The Morgan fingerprint density at radius 3 is 2.62 bits per heavy atom. The van der Waals surface area contributed by atoms with Gasteiger partial charge in [-0.2, -0.15) is 0 Å². The lowest BCUT2D eigenvalue weighted by molar-refractivity contribution is -0.123. The van der Waals surface area contributed by atoms with Crippen molar-refractivity contribution < 1.29 is 27.9 Å². The summed E-state index contributed by atoms with van der Waals surface area (Å²) in [6.07, 6.45) is -0.00148. The molecule has 112 valence electrons. The number of esters is 1. The number of carbonyl (C=O) groups is 3. The monoisotopic (exact) mass is 298 g/mol. The van der Waals surface area contributed by atoms with Gasteiger partial charge in [-0.3, -0.25) is 9.59 Å². The van der Waals surface area contributed by atoms with E-state index in [2.05, 4.69) is 15.4 Å². The second-order valence-electron chi connectivity index (χ2n) is 4.50. The summed E-state index contributed by atoms with van der Waals surface area (Å²) in [6, 6.07) is 1.35. The fourth-order valence-corrected chi connectivity index (χ4v) is 1.94. The normalized spacial score (nSPS) is 17.3. The average molecular weight is 298 g/mol. The van der Waals surface area contributed by atoms with Gasteiger partial charge in [-0.05, 0) is 6.07 Å². The third-order valence-corrected chi connectivity index (χ3v) is 3.07. The first-order chi connectivity index (χ1) is 9.92. The predicted molar refractivity (Wildman–Crippen MR) is 67.4 cm³/mol. The first-order valence-electron chi connectivity index (χ1n) is 6.07. The molecule has 2 amide bonds. The highest BCUT2D eigenvalue weighted by atomic mass is 19.1. The van der Waals surface area contributed by atoms with Gasteiger partial charge >= 0.3 is 5.97 Å². The number of ether oxygens (including phenoxy) is 1. The standard InChI is InChI=1S/C13H12F2N2O4/c1-21-13(20)7-3-10(9(15)4-8(7)14)17-12(19)6-2-11(18)16-5-6/h3-4,6H,2,5H2,1H3,(H,16,18)(H,17,19). The van der Waals surface area contributed by atoms with E-state index in [1.54, 1.807) is 0 Å². The Hall–Kier alpha value is -2.51. The zero-order valence-electron chi connectivity index (χ0n) is 11.0. The number of nitrogens with one attached hydrogen (secondary N) is 2. The first kappa shape index (κ1) is 14.9. The molecular weight excluding hydrogens is 286 g/mol. The van der Waals surface area contributed by atoms with Crippen LogP contribution in [0.5, 0.6) is 0 Å². The Bertz CT molecular complexity index is 618. The Kier molecular flexibility index (Phi) is 4.15. The average Bonchev–Trinajstić information content (AvgIpc) is 2.87. The fraction of sp³-hybridized carbons (Fsp3) is 0.308. The van der Waals surface area contributed by atoms with E-state index in [-0.39, 0.29) is 24.6 Å². The van der Waals surface area contributed by atoms with E-state index in [1.165, 1.54) is 0 Å². The molecule has 1 fully saturated rings. The van der Waals surface area contributed by atoms with Crippen LogP contribution in [0.25, 0.3) is 0 Å². The molecule has 1 aliphatic rings. The van der Waals surface area contributed by atoms with Crippen LogP contribution in [-0.2, 0) is 14.3 Å². The van der Waals surface area contributed by atoms with Gasteiger partial charge in [-0.25, -0.2) is 13.6 Å². The van der Waals surface area contributed by atoms with Gasteiger partial charge in [-0.15, -0.1) is 0 Å². The summed E-state index contributed by atoms with van der Waals surface area (Å²) in [7, 11) is 1.05. The minimum Gasteiger partial charge on any atom is -0.465 e. The van der Waals surface area contributed by atoms with Gasteiger partial charge in [-0.1, -0.05) is 0 Å². The number of hydrogen-bond donors (Lipinski definition) is 2. The molecule has 2 N–H and O–H groups in total. The summed E-state index contributed by atoms with van der Waals surface area (Å²) in [5, 5.41) is 4.71. The lowest BCUT2D eigenvalue weighted by Crippen LogP contribution is -2.25. The summed E-state index contributed by atoms with van der Waals surface area (Å²) in [5.74, 6) is -4.59. The zero-order valence-corrected chi connectivity index (χ0v) is 11.0. The van der Waals surface area contributed by atoms with Crippen molar-refractivity contribution in [3.8, 4) is 0 Å². The van der Waals surface area contributed by atoms with Gasteiger partial charge in [0.15, 0.2) is 0 Å². The highest BCUT2D eigenvalue weighted by Crippen LogP contribution is 2.22. The molecular formula is C13H12F2N2O4. The van der Waals surface area contributed by atoms with E-state index in [1.807, 2.05) is 0 Å². The third-order valence-electron chi connectivity index (χ3n) is 3.07. The van der Waals surface area contributed by atoms with Crippen LogP contribution in [0.1, 0.15) is 16.8 Å². The second-order valence-corrected chi connectivity index (χ2v) is 4.50. The molecule has 1 heterocycles. The maximum Gasteiger partial charge on any atom is 0.340 e. The van der Waals surface area contributed by atoms with E-state index < -0.39 is 35.0 Å². The topological polar surface area (TPSA) is 84.5 Å². The maximum absolute atomic E-state index is 13.6. The van der Waals surface area contributed by atoms with E-state index in [4.69, 9.17) is 0 Å². The minimum absolute atomic E-state index is 0.00148. The highest BCUT2D eigenvalue weighted by molar-refractivity contribution is 5.98. The summed E-state index contributed by atoms with van der Waals surface area (Å²) in [6.45, 7) is 0.150. The molecule has 0 aromatic heterocycles. The number of anilines is 1. The van der Waals surface area contributed by atoms with Crippen molar-refractivity contribution in [1.29, 1.82) is 0 Å². The van der Waals surface area contributed by atoms with Crippen molar-refractivity contribution in [2.75, 3.05) is 19.0 Å². The van der Waals surface area contributed by atoms with Gasteiger partial charge in [0, 0.05) is 19.0 Å². The molecule has 6 nitrogen and oxygen atoms in total. The van der Waals surface area contributed by atoms with Crippen molar-refractivity contribution in [2.45, 2.75) is 6.42 Å². The number of methoxy groups -OCH3 is 1.